The molecule has 1 aromatic carbocycles. The van der Waals surface area contributed by atoms with Crippen molar-refractivity contribution in [3.05, 3.63) is 35.5 Å². The van der Waals surface area contributed by atoms with Crippen molar-refractivity contribution in [2.45, 2.75) is 109 Å². The van der Waals surface area contributed by atoms with E-state index in [4.69, 9.17) is 10.1 Å². The van der Waals surface area contributed by atoms with Crippen molar-refractivity contribution in [3.8, 4) is 11.1 Å². The quantitative estimate of drug-likeness (QED) is 0.325. The summed E-state index contributed by atoms with van der Waals surface area (Å²) in [7, 11) is 0. The van der Waals surface area contributed by atoms with Crippen LogP contribution in [0.2, 0.25) is 0 Å². The molecule has 8 nitrogen and oxygen atoms in total. The van der Waals surface area contributed by atoms with Crippen LogP contribution in [0.4, 0.5) is 16.6 Å². The van der Waals surface area contributed by atoms with Crippen LogP contribution < -0.4 is 20.9 Å². The number of fused-ring (bicyclic) bond motifs is 3. The van der Waals surface area contributed by atoms with Crippen LogP contribution in [0.1, 0.15) is 88.7 Å². The van der Waals surface area contributed by atoms with Crippen molar-refractivity contribution in [2.75, 3.05) is 16.8 Å². The molecule has 0 atom stereocenters. The molecule has 5 rings (SSSR count). The van der Waals surface area contributed by atoms with E-state index in [0.29, 0.717) is 18.0 Å². The molecule has 0 spiro atoms. The molecule has 2 fully saturated rings. The number of hydrogen-bond donors (Lipinski definition) is 4. The highest BCUT2D eigenvalue weighted by atomic mass is 16.4. The molecule has 2 aliphatic carbocycles. The van der Waals surface area contributed by atoms with Gasteiger partial charge in [0.05, 0.1) is 0 Å². The minimum absolute atomic E-state index is 0.0411. The highest BCUT2D eigenvalue weighted by Gasteiger charge is 2.33. The Bertz CT molecular complexity index is 1060. The van der Waals surface area contributed by atoms with E-state index in [-0.39, 0.29) is 6.04 Å². The first-order chi connectivity index (χ1) is 18.1. The molecular formula is C29H42N6O2. The van der Waals surface area contributed by atoms with Crippen LogP contribution in [0.15, 0.2) is 24.4 Å². The summed E-state index contributed by atoms with van der Waals surface area (Å²) in [6.07, 6.45) is 13.5. The molecule has 1 aromatic heterocycles. The van der Waals surface area contributed by atoms with Crippen molar-refractivity contribution in [2.24, 2.45) is 0 Å². The summed E-state index contributed by atoms with van der Waals surface area (Å²) in [4.78, 5) is 23.3. The van der Waals surface area contributed by atoms with E-state index in [1.165, 1.54) is 48.8 Å². The molecule has 1 aliphatic heterocycles. The van der Waals surface area contributed by atoms with Gasteiger partial charge in [0.15, 0.2) is 0 Å². The first-order valence-corrected chi connectivity index (χ1v) is 14.3. The smallest absolute Gasteiger partial charge is 0.404 e. The molecule has 200 valence electrons. The summed E-state index contributed by atoms with van der Waals surface area (Å²) in [6.45, 7) is 4.79. The van der Waals surface area contributed by atoms with Crippen molar-refractivity contribution < 1.29 is 9.90 Å². The maximum absolute atomic E-state index is 11.1. The van der Waals surface area contributed by atoms with E-state index in [1.807, 2.05) is 6.20 Å². The van der Waals surface area contributed by atoms with Gasteiger partial charge in [-0.2, -0.15) is 4.98 Å². The molecule has 1 amide bonds. The molecule has 0 unspecified atom stereocenters. The molecule has 2 saturated carbocycles. The summed E-state index contributed by atoms with van der Waals surface area (Å²) in [5.41, 5.74) is 4.99. The Morgan fingerprint density at radius 3 is 2.62 bits per heavy atom. The van der Waals surface area contributed by atoms with Crippen LogP contribution in [0.5, 0.6) is 0 Å². The Balaban J connectivity index is 1.37. The van der Waals surface area contributed by atoms with Gasteiger partial charge in [0.2, 0.25) is 5.95 Å². The molecule has 8 heteroatoms. The average molecular weight is 507 g/mol. The molecule has 0 radical (unpaired) electrons. The molecule has 2 aromatic rings. The fourth-order valence-electron chi connectivity index (χ4n) is 6.23. The third-order valence-corrected chi connectivity index (χ3v) is 8.32. The van der Waals surface area contributed by atoms with E-state index in [9.17, 15) is 4.79 Å². The number of amides is 1. The van der Waals surface area contributed by atoms with E-state index in [2.05, 4.69) is 51.0 Å². The van der Waals surface area contributed by atoms with Crippen LogP contribution in [0.25, 0.3) is 11.1 Å². The number of nitrogens with one attached hydrogen (secondary N) is 3. The zero-order chi connectivity index (χ0) is 25.6. The molecule has 3 aliphatic rings. The predicted octanol–water partition coefficient (Wildman–Crippen LogP) is 5.68. The number of nitrogens with zero attached hydrogens (tertiary/aromatic N) is 3. The number of unbranched alkanes of at least 4 members (excludes halogenated alkanes) is 1. The van der Waals surface area contributed by atoms with Crippen molar-refractivity contribution >= 4 is 17.9 Å². The monoisotopic (exact) mass is 506 g/mol. The minimum Gasteiger partial charge on any atom is -0.465 e. The lowest BCUT2D eigenvalue weighted by Crippen LogP contribution is -2.44. The lowest BCUT2D eigenvalue weighted by molar-refractivity contribution is 0.184. The molecule has 2 heterocycles. The Hall–Kier alpha value is -2.87. The molecule has 4 N–H and O–H groups in total. The second-order valence-electron chi connectivity index (χ2n) is 11.0. The average Bonchev–Trinajstić information content (AvgIpc) is 2.92. The lowest BCUT2D eigenvalue weighted by Gasteiger charge is -2.41. The summed E-state index contributed by atoms with van der Waals surface area (Å²) < 4.78 is 0. The van der Waals surface area contributed by atoms with E-state index in [0.717, 1.165) is 69.5 Å². The van der Waals surface area contributed by atoms with Crippen LogP contribution in [-0.2, 0) is 13.1 Å². The van der Waals surface area contributed by atoms with Crippen LogP contribution in [0, 0.1) is 0 Å². The topological polar surface area (TPSA) is 102 Å². The van der Waals surface area contributed by atoms with Crippen LogP contribution in [0.3, 0.4) is 0 Å². The molecular weight excluding hydrogens is 464 g/mol. The minimum atomic E-state index is -0.925. The molecule has 0 bridgehead atoms. The predicted molar refractivity (Wildman–Crippen MR) is 148 cm³/mol. The Labute approximate surface area is 220 Å². The van der Waals surface area contributed by atoms with Crippen LogP contribution in [-0.4, -0.2) is 45.8 Å². The number of aromatic nitrogens is 2. The maximum Gasteiger partial charge on any atom is 0.404 e. The normalized spacial score (nSPS) is 21.7. The van der Waals surface area contributed by atoms with Gasteiger partial charge in [0, 0.05) is 49.5 Å². The Morgan fingerprint density at radius 2 is 1.86 bits per heavy atom. The van der Waals surface area contributed by atoms with Gasteiger partial charge in [-0.05, 0) is 61.6 Å². The van der Waals surface area contributed by atoms with Gasteiger partial charge in [-0.3, -0.25) is 0 Å². The van der Waals surface area contributed by atoms with Crippen molar-refractivity contribution in [3.63, 3.8) is 0 Å². The standard InChI is InChI=1S/C29H42N6O2/c1-2-3-15-30-28-32-18-26-25-14-9-20(17-31-22-7-5-4-6-8-22)16-21(25)19-35(27(26)34-28)24-12-10-23(11-13-24)33-29(36)37/h9,14,16,18,22-24,31,33H,2-8,10-13,15,17,19H2,1H3,(H,36,37)(H,30,32,34)/t23-,24-. The van der Waals surface area contributed by atoms with Gasteiger partial charge in [0.1, 0.15) is 5.82 Å². The SMILES string of the molecule is CCCCNc1ncc2c(n1)N([C@H]1CC[C@H](NC(=O)O)CC1)Cc1cc(CNC3CCCCC3)ccc1-2. The number of hydrogen-bond acceptors (Lipinski definition) is 6. The van der Waals surface area contributed by atoms with Gasteiger partial charge >= 0.3 is 6.09 Å². The third-order valence-electron chi connectivity index (χ3n) is 8.32. The number of carbonyl (C=O) groups is 1. The zero-order valence-electron chi connectivity index (χ0n) is 22.1. The zero-order valence-corrected chi connectivity index (χ0v) is 22.1. The van der Waals surface area contributed by atoms with E-state index >= 15 is 0 Å². The summed E-state index contributed by atoms with van der Waals surface area (Å²) in [5.74, 6) is 1.69. The Kier molecular flexibility index (Phi) is 8.44. The van der Waals surface area contributed by atoms with Crippen LogP contribution >= 0.6 is 0 Å². The van der Waals surface area contributed by atoms with Crippen molar-refractivity contribution in [1.82, 2.24) is 20.6 Å². The second kappa shape index (κ2) is 12.1. The lowest BCUT2D eigenvalue weighted by atomic mass is 9.87. The van der Waals surface area contributed by atoms with E-state index in [1.54, 1.807) is 0 Å². The number of anilines is 2. The molecule has 0 saturated heterocycles. The highest BCUT2D eigenvalue weighted by molar-refractivity contribution is 5.82. The van der Waals surface area contributed by atoms with Gasteiger partial charge in [-0.1, -0.05) is 50.8 Å². The fraction of sp³-hybridized carbons (Fsp3) is 0.621. The first-order valence-electron chi connectivity index (χ1n) is 14.3. The Morgan fingerprint density at radius 1 is 1.05 bits per heavy atom. The maximum atomic E-state index is 11.1. The summed E-state index contributed by atoms with van der Waals surface area (Å²) >= 11 is 0. The summed E-state index contributed by atoms with van der Waals surface area (Å²) in [5, 5.41) is 19.0. The van der Waals surface area contributed by atoms with Crippen molar-refractivity contribution in [1.29, 1.82) is 0 Å². The highest BCUT2D eigenvalue weighted by Crippen LogP contribution is 2.41. The van der Waals surface area contributed by atoms with Gasteiger partial charge < -0.3 is 26.0 Å². The van der Waals surface area contributed by atoms with Gasteiger partial charge in [-0.15, -0.1) is 0 Å². The molecule has 37 heavy (non-hydrogen) atoms. The van der Waals surface area contributed by atoms with Gasteiger partial charge in [-0.25, -0.2) is 9.78 Å². The summed E-state index contributed by atoms with van der Waals surface area (Å²) in [6, 6.07) is 7.89. The van der Waals surface area contributed by atoms with Gasteiger partial charge in [0.25, 0.3) is 0 Å². The largest absolute Gasteiger partial charge is 0.465 e. The van der Waals surface area contributed by atoms with E-state index < -0.39 is 6.09 Å². The third kappa shape index (κ3) is 6.35. The fourth-order valence-corrected chi connectivity index (χ4v) is 6.23. The number of rotatable bonds is 9. The first kappa shape index (κ1) is 25.8. The number of benzene rings is 1. The second-order valence-corrected chi connectivity index (χ2v) is 11.0. The number of carboxylic acid groups (broad SMARTS) is 1.